The Hall–Kier alpha value is -0.550. The highest BCUT2D eigenvalue weighted by Crippen LogP contribution is 2.34. The maximum atomic E-state index is 12.9. The van der Waals surface area contributed by atoms with E-state index in [2.05, 4.69) is 10.3 Å². The van der Waals surface area contributed by atoms with Gasteiger partial charge >= 0.3 is 0 Å². The highest BCUT2D eigenvalue weighted by atomic mass is 35.5. The predicted molar refractivity (Wildman–Crippen MR) is 66.8 cm³/mol. The quantitative estimate of drug-likeness (QED) is 0.845. The molecule has 0 unspecified atom stereocenters. The van der Waals surface area contributed by atoms with Crippen LogP contribution < -0.4 is 5.32 Å². The summed E-state index contributed by atoms with van der Waals surface area (Å²) in [5.41, 5.74) is 0.413. The minimum atomic E-state index is -0.488. The van der Waals surface area contributed by atoms with Crippen molar-refractivity contribution < 1.29 is 4.39 Å². The molecule has 2 rings (SSSR count). The number of hydrogen-bond acceptors (Lipinski definition) is 3. The molecule has 2 nitrogen and oxygen atoms in total. The van der Waals surface area contributed by atoms with Gasteiger partial charge in [0.1, 0.15) is 11.0 Å². The lowest BCUT2D eigenvalue weighted by atomic mass is 10.3. The third-order valence-electron chi connectivity index (χ3n) is 1.71. The Morgan fingerprint density at radius 1 is 1.19 bits per heavy atom. The fourth-order valence-electron chi connectivity index (χ4n) is 1.08. The van der Waals surface area contributed by atoms with Crippen molar-refractivity contribution in [3.63, 3.8) is 0 Å². The maximum Gasteiger partial charge on any atom is 0.188 e. The SMILES string of the molecule is Fc1cc(Cl)c(Nc2nc(Cl)cs2)c(Cl)c1. The van der Waals surface area contributed by atoms with Gasteiger partial charge < -0.3 is 5.32 Å². The molecule has 7 heteroatoms. The van der Waals surface area contributed by atoms with Crippen molar-refractivity contribution in [2.75, 3.05) is 5.32 Å². The maximum absolute atomic E-state index is 12.9. The molecule has 16 heavy (non-hydrogen) atoms. The van der Waals surface area contributed by atoms with Crippen molar-refractivity contribution in [3.05, 3.63) is 38.5 Å². The second-order valence-electron chi connectivity index (χ2n) is 2.84. The van der Waals surface area contributed by atoms with E-state index >= 15 is 0 Å². The number of nitrogens with one attached hydrogen (secondary N) is 1. The smallest absolute Gasteiger partial charge is 0.188 e. The van der Waals surface area contributed by atoms with Crippen LogP contribution in [-0.2, 0) is 0 Å². The van der Waals surface area contributed by atoms with Crippen LogP contribution >= 0.6 is 46.1 Å². The number of rotatable bonds is 2. The number of benzene rings is 1. The van der Waals surface area contributed by atoms with Crippen molar-refractivity contribution >= 4 is 57.0 Å². The fraction of sp³-hybridized carbons (Fsp3) is 0. The van der Waals surface area contributed by atoms with Gasteiger partial charge in [0.05, 0.1) is 15.7 Å². The van der Waals surface area contributed by atoms with Crippen LogP contribution in [0.2, 0.25) is 15.2 Å². The van der Waals surface area contributed by atoms with Crippen molar-refractivity contribution in [3.8, 4) is 0 Å². The van der Waals surface area contributed by atoms with E-state index in [1.54, 1.807) is 5.38 Å². The van der Waals surface area contributed by atoms with E-state index in [0.29, 0.717) is 16.0 Å². The molecular weight excluding hydrogens is 294 g/mol. The molecule has 0 bridgehead atoms. The van der Waals surface area contributed by atoms with Gasteiger partial charge in [-0.2, -0.15) is 0 Å². The fourth-order valence-corrected chi connectivity index (χ4v) is 2.48. The highest BCUT2D eigenvalue weighted by Gasteiger charge is 2.10. The zero-order valence-corrected chi connectivity index (χ0v) is 10.7. The van der Waals surface area contributed by atoms with Gasteiger partial charge in [-0.3, -0.25) is 0 Å². The molecule has 0 atom stereocenters. The van der Waals surface area contributed by atoms with E-state index in [9.17, 15) is 4.39 Å². The number of aromatic nitrogens is 1. The molecule has 1 aromatic heterocycles. The third kappa shape index (κ3) is 2.58. The first-order valence-electron chi connectivity index (χ1n) is 4.09. The summed E-state index contributed by atoms with van der Waals surface area (Å²) in [7, 11) is 0. The summed E-state index contributed by atoms with van der Waals surface area (Å²) in [6.45, 7) is 0. The molecule has 0 amide bonds. The monoisotopic (exact) mass is 296 g/mol. The lowest BCUT2D eigenvalue weighted by Crippen LogP contribution is -1.92. The zero-order chi connectivity index (χ0) is 11.7. The summed E-state index contributed by atoms with van der Waals surface area (Å²) in [6.07, 6.45) is 0. The minimum Gasteiger partial charge on any atom is -0.329 e. The number of thiazole rings is 1. The van der Waals surface area contributed by atoms with Crippen molar-refractivity contribution in [2.24, 2.45) is 0 Å². The Kier molecular flexibility index (Phi) is 3.54. The molecule has 0 aliphatic rings. The second kappa shape index (κ2) is 4.75. The second-order valence-corrected chi connectivity index (χ2v) is 4.90. The predicted octanol–water partition coefficient (Wildman–Crippen LogP) is 4.99. The van der Waals surface area contributed by atoms with Gasteiger partial charge in [-0.1, -0.05) is 34.8 Å². The summed E-state index contributed by atoms with van der Waals surface area (Å²) in [4.78, 5) is 3.97. The van der Waals surface area contributed by atoms with Gasteiger partial charge in [0.25, 0.3) is 0 Å². The minimum absolute atomic E-state index is 0.191. The average molecular weight is 298 g/mol. The normalized spacial score (nSPS) is 10.5. The Labute approximate surface area is 110 Å². The molecule has 0 saturated carbocycles. The van der Waals surface area contributed by atoms with Crippen LogP contribution in [0, 0.1) is 5.82 Å². The van der Waals surface area contributed by atoms with Gasteiger partial charge in [0.15, 0.2) is 5.13 Å². The molecule has 2 aromatic rings. The van der Waals surface area contributed by atoms with Crippen molar-refractivity contribution in [2.45, 2.75) is 0 Å². The summed E-state index contributed by atoms with van der Waals surface area (Å²) >= 11 is 18.7. The summed E-state index contributed by atoms with van der Waals surface area (Å²) in [6, 6.07) is 2.34. The van der Waals surface area contributed by atoms with Crippen LogP contribution in [0.3, 0.4) is 0 Å². The zero-order valence-electron chi connectivity index (χ0n) is 7.60. The van der Waals surface area contributed by atoms with Crippen molar-refractivity contribution in [1.82, 2.24) is 4.98 Å². The largest absolute Gasteiger partial charge is 0.329 e. The van der Waals surface area contributed by atoms with E-state index in [1.807, 2.05) is 0 Å². The van der Waals surface area contributed by atoms with Crippen LogP contribution in [0.25, 0.3) is 0 Å². The Morgan fingerprint density at radius 3 is 2.31 bits per heavy atom. The molecule has 0 radical (unpaired) electrons. The molecule has 1 aromatic carbocycles. The van der Waals surface area contributed by atoms with Crippen LogP contribution in [0.15, 0.2) is 17.5 Å². The molecule has 0 spiro atoms. The Bertz CT molecular complexity index is 506. The standard InChI is InChI=1S/C9H4Cl3FN2S/c10-5-1-4(13)2-6(11)8(5)15-9-14-7(12)3-16-9/h1-3H,(H,14,15). The number of anilines is 2. The van der Waals surface area contributed by atoms with Crippen LogP contribution in [-0.4, -0.2) is 4.98 Å². The van der Waals surface area contributed by atoms with E-state index < -0.39 is 5.82 Å². The Balaban J connectivity index is 2.34. The molecule has 1 N–H and O–H groups in total. The summed E-state index contributed by atoms with van der Waals surface area (Å²) in [5, 5.41) is 5.84. The van der Waals surface area contributed by atoms with Crippen molar-refractivity contribution in [1.29, 1.82) is 0 Å². The van der Waals surface area contributed by atoms with Crippen LogP contribution in [0.5, 0.6) is 0 Å². The first-order chi connectivity index (χ1) is 7.56. The molecular formula is C9H4Cl3FN2S. The third-order valence-corrected chi connectivity index (χ3v) is 3.39. The summed E-state index contributed by atoms with van der Waals surface area (Å²) < 4.78 is 12.9. The van der Waals surface area contributed by atoms with E-state index in [1.165, 1.54) is 23.5 Å². The van der Waals surface area contributed by atoms with Gasteiger partial charge in [0.2, 0.25) is 0 Å². The van der Waals surface area contributed by atoms with Gasteiger partial charge in [0, 0.05) is 5.38 Å². The summed E-state index contributed by atoms with van der Waals surface area (Å²) in [5.74, 6) is -0.488. The van der Waals surface area contributed by atoms with Gasteiger partial charge in [-0.05, 0) is 12.1 Å². The number of hydrogen-bond donors (Lipinski definition) is 1. The van der Waals surface area contributed by atoms with E-state index in [4.69, 9.17) is 34.8 Å². The Morgan fingerprint density at radius 2 is 1.81 bits per heavy atom. The van der Waals surface area contributed by atoms with Crippen LogP contribution in [0.1, 0.15) is 0 Å². The molecule has 0 aliphatic heterocycles. The highest BCUT2D eigenvalue weighted by molar-refractivity contribution is 7.14. The first kappa shape index (κ1) is 11.9. The molecule has 84 valence electrons. The molecule has 0 saturated heterocycles. The molecule has 0 aliphatic carbocycles. The lowest BCUT2D eigenvalue weighted by molar-refractivity contribution is 0.628. The van der Waals surface area contributed by atoms with Crippen LogP contribution in [0.4, 0.5) is 15.2 Å². The average Bonchev–Trinajstić information content (AvgIpc) is 2.58. The van der Waals surface area contributed by atoms with E-state index in [-0.39, 0.29) is 10.0 Å². The van der Waals surface area contributed by atoms with Gasteiger partial charge in [-0.15, -0.1) is 11.3 Å². The van der Waals surface area contributed by atoms with E-state index in [0.717, 1.165) is 0 Å². The molecule has 1 heterocycles. The number of nitrogens with zero attached hydrogens (tertiary/aromatic N) is 1. The van der Waals surface area contributed by atoms with Gasteiger partial charge in [-0.25, -0.2) is 9.37 Å². The topological polar surface area (TPSA) is 24.9 Å². The lowest BCUT2D eigenvalue weighted by Gasteiger charge is -2.07. The number of halogens is 4. The molecule has 0 fully saturated rings. The first-order valence-corrected chi connectivity index (χ1v) is 6.10.